The van der Waals surface area contributed by atoms with Crippen molar-refractivity contribution in [2.45, 2.75) is 44.4 Å². The van der Waals surface area contributed by atoms with Crippen LogP contribution in [0.2, 0.25) is 0 Å². The topological polar surface area (TPSA) is 140 Å². The van der Waals surface area contributed by atoms with Gasteiger partial charge >= 0.3 is 5.92 Å². The number of alkyl halides is 2. The Kier molecular flexibility index (Phi) is 9.31. The summed E-state index contributed by atoms with van der Waals surface area (Å²) in [6, 6.07) is 12.4. The molecule has 4 heterocycles. The van der Waals surface area contributed by atoms with Crippen LogP contribution in [-0.2, 0) is 4.79 Å². The van der Waals surface area contributed by atoms with E-state index in [-0.39, 0.29) is 24.3 Å². The third kappa shape index (κ3) is 7.05. The van der Waals surface area contributed by atoms with E-state index in [1.807, 2.05) is 18.2 Å². The van der Waals surface area contributed by atoms with Crippen LogP contribution in [0.1, 0.15) is 25.8 Å². The number of pyridine rings is 1. The summed E-state index contributed by atoms with van der Waals surface area (Å²) in [5, 5.41) is 22.5. The Bertz CT molecular complexity index is 1580. The van der Waals surface area contributed by atoms with Gasteiger partial charge in [0.1, 0.15) is 41.6 Å². The summed E-state index contributed by atoms with van der Waals surface area (Å²) in [6.07, 6.45) is -1.70. The molecule has 0 bridgehead atoms. The molecule has 1 unspecified atom stereocenters. The Morgan fingerprint density at radius 2 is 1.98 bits per heavy atom. The summed E-state index contributed by atoms with van der Waals surface area (Å²) >= 11 is 0. The lowest BCUT2D eigenvalue weighted by Crippen LogP contribution is -2.56. The highest BCUT2D eigenvalue weighted by Gasteiger charge is 2.48. The van der Waals surface area contributed by atoms with E-state index in [0.717, 1.165) is 30.2 Å². The minimum Gasteiger partial charge on any atom is -0.483 e. The molecule has 2 N–H and O–H groups in total. The Morgan fingerprint density at radius 3 is 2.67 bits per heavy atom. The molecule has 3 aromatic rings. The van der Waals surface area contributed by atoms with Gasteiger partial charge in [0.2, 0.25) is 5.88 Å². The number of nitrogens with zero attached hydrogens (tertiary/aromatic N) is 7. The number of carbonyl (C=O) groups excluding carboxylic acids is 1. The molecular formula is C31H36F2N8O4. The number of carbonyl (C=O) groups is 1. The number of hydrogen-bond donors (Lipinski definition) is 2. The van der Waals surface area contributed by atoms with Gasteiger partial charge in [-0.25, -0.2) is 18.7 Å². The largest absolute Gasteiger partial charge is 0.483 e. The van der Waals surface area contributed by atoms with Crippen molar-refractivity contribution < 1.29 is 28.2 Å². The number of anilines is 3. The first-order valence-corrected chi connectivity index (χ1v) is 14.6. The number of aliphatic hydroxyl groups is 1. The van der Waals surface area contributed by atoms with Crippen LogP contribution >= 0.6 is 0 Å². The molecule has 0 spiro atoms. The number of methoxy groups -OCH3 is 1. The molecule has 1 amide bonds. The monoisotopic (exact) mass is 622 g/mol. The van der Waals surface area contributed by atoms with Crippen molar-refractivity contribution in [1.82, 2.24) is 24.8 Å². The number of hydrogen-bond acceptors (Lipinski definition) is 11. The van der Waals surface area contributed by atoms with Crippen molar-refractivity contribution in [3.63, 3.8) is 0 Å². The molecule has 2 saturated heterocycles. The molecule has 2 aliphatic rings. The summed E-state index contributed by atoms with van der Waals surface area (Å²) in [7, 11) is 3.69. The van der Waals surface area contributed by atoms with E-state index >= 15 is 0 Å². The van der Waals surface area contributed by atoms with Gasteiger partial charge in [-0.1, -0.05) is 0 Å². The SMILES string of the molecule is COc1nc(Nc2cc(-c3ccc(OC4CCN(C(=O)[C@@H](C)O)CC4(F)F)c(C#N)c3)ncn2)ccc1N1CCN(C)C[C@@H]1C. The van der Waals surface area contributed by atoms with Crippen LogP contribution in [0.15, 0.2) is 42.7 Å². The number of ether oxygens (including phenoxy) is 2. The van der Waals surface area contributed by atoms with Gasteiger partial charge in [-0.15, -0.1) is 0 Å². The predicted molar refractivity (Wildman–Crippen MR) is 163 cm³/mol. The summed E-state index contributed by atoms with van der Waals surface area (Å²) in [5.74, 6) is -2.68. The smallest absolute Gasteiger partial charge is 0.301 e. The van der Waals surface area contributed by atoms with E-state index in [2.05, 4.69) is 44.0 Å². The molecule has 45 heavy (non-hydrogen) atoms. The highest BCUT2D eigenvalue weighted by Crippen LogP contribution is 2.35. The van der Waals surface area contributed by atoms with E-state index in [0.29, 0.717) is 34.8 Å². The number of nitrogens with one attached hydrogen (secondary N) is 1. The fourth-order valence-electron chi connectivity index (χ4n) is 5.63. The molecule has 2 aromatic heterocycles. The van der Waals surface area contributed by atoms with E-state index < -0.39 is 30.6 Å². The predicted octanol–water partition coefficient (Wildman–Crippen LogP) is 3.30. The van der Waals surface area contributed by atoms with Crippen molar-refractivity contribution in [3.8, 4) is 29.0 Å². The summed E-state index contributed by atoms with van der Waals surface area (Å²) in [5.41, 5.74) is 2.01. The van der Waals surface area contributed by atoms with Crippen molar-refractivity contribution >= 4 is 23.2 Å². The quantitative estimate of drug-likeness (QED) is 0.383. The first kappa shape index (κ1) is 31.8. The zero-order valence-electron chi connectivity index (χ0n) is 25.6. The van der Waals surface area contributed by atoms with Gasteiger partial charge in [-0.2, -0.15) is 10.2 Å². The second-order valence-electron chi connectivity index (χ2n) is 11.4. The van der Waals surface area contributed by atoms with Gasteiger partial charge in [0.25, 0.3) is 5.91 Å². The molecule has 14 heteroatoms. The maximum atomic E-state index is 14.9. The lowest BCUT2D eigenvalue weighted by molar-refractivity contribution is -0.165. The summed E-state index contributed by atoms with van der Waals surface area (Å²) < 4.78 is 41.0. The second-order valence-corrected chi connectivity index (χ2v) is 11.4. The zero-order valence-corrected chi connectivity index (χ0v) is 25.6. The maximum absolute atomic E-state index is 14.9. The number of piperidine rings is 1. The van der Waals surface area contributed by atoms with Crippen LogP contribution in [0.25, 0.3) is 11.3 Å². The van der Waals surface area contributed by atoms with Crippen LogP contribution < -0.4 is 19.7 Å². The van der Waals surface area contributed by atoms with Crippen LogP contribution in [-0.4, -0.2) is 107 Å². The van der Waals surface area contributed by atoms with Crippen molar-refractivity contribution in [2.24, 2.45) is 0 Å². The number of benzene rings is 1. The molecule has 3 atom stereocenters. The Morgan fingerprint density at radius 1 is 1.18 bits per heavy atom. The second kappa shape index (κ2) is 13.2. The molecule has 238 valence electrons. The van der Waals surface area contributed by atoms with E-state index in [1.54, 1.807) is 19.2 Å². The van der Waals surface area contributed by atoms with E-state index in [4.69, 9.17) is 9.47 Å². The number of piperazine rings is 1. The minimum absolute atomic E-state index is 0.000291. The number of likely N-dealkylation sites (tertiary alicyclic amines) is 1. The van der Waals surface area contributed by atoms with Crippen LogP contribution in [0.5, 0.6) is 11.6 Å². The summed E-state index contributed by atoms with van der Waals surface area (Å²) in [6.45, 7) is 5.26. The Labute approximate surface area is 260 Å². The Balaban J connectivity index is 1.30. The van der Waals surface area contributed by atoms with Crippen molar-refractivity contribution in [1.29, 1.82) is 5.26 Å². The minimum atomic E-state index is -3.38. The third-order valence-electron chi connectivity index (χ3n) is 7.96. The fourth-order valence-corrected chi connectivity index (χ4v) is 5.63. The fraction of sp³-hybridized carbons (Fsp3) is 0.452. The molecule has 12 nitrogen and oxygen atoms in total. The lowest BCUT2D eigenvalue weighted by atomic mass is 10.0. The normalized spacial score (nSPS) is 20.7. The molecule has 0 saturated carbocycles. The molecule has 1 aromatic carbocycles. The molecule has 2 fully saturated rings. The van der Waals surface area contributed by atoms with Gasteiger partial charge in [0.05, 0.1) is 24.9 Å². The number of nitriles is 1. The van der Waals surface area contributed by atoms with E-state index in [9.17, 15) is 23.9 Å². The number of aliphatic hydroxyl groups excluding tert-OH is 1. The first-order valence-electron chi connectivity index (χ1n) is 14.6. The third-order valence-corrected chi connectivity index (χ3v) is 7.96. The highest BCUT2D eigenvalue weighted by atomic mass is 19.3. The van der Waals surface area contributed by atoms with Crippen molar-refractivity contribution in [3.05, 3.63) is 48.3 Å². The molecule has 0 radical (unpaired) electrons. The highest BCUT2D eigenvalue weighted by molar-refractivity contribution is 5.80. The summed E-state index contributed by atoms with van der Waals surface area (Å²) in [4.78, 5) is 30.8. The number of amides is 1. The van der Waals surface area contributed by atoms with Gasteiger partial charge in [-0.3, -0.25) is 4.79 Å². The molecule has 0 aliphatic carbocycles. The maximum Gasteiger partial charge on any atom is 0.301 e. The number of aromatic nitrogens is 3. The van der Waals surface area contributed by atoms with Crippen LogP contribution in [0.3, 0.4) is 0 Å². The number of rotatable bonds is 8. The Hall–Kier alpha value is -4.61. The average molecular weight is 623 g/mol. The zero-order chi connectivity index (χ0) is 32.3. The lowest BCUT2D eigenvalue weighted by Gasteiger charge is -2.40. The van der Waals surface area contributed by atoms with Gasteiger partial charge in [0, 0.05) is 50.3 Å². The standard InChI is InChI=1S/C31H36F2N8O4/c1-19-16-39(3)11-12-41(19)24-6-8-27(38-29(24)44-4)37-28-14-23(35-18-36-28)21-5-7-25(22(13-21)15-34)45-26-9-10-40(17-31(26,32)33)30(43)20(2)42/h5-8,13-14,18-20,26,42H,9-12,16-17H2,1-4H3,(H,35,36,37,38)/t19-,20+,26?/m0/s1. The van der Waals surface area contributed by atoms with Crippen LogP contribution in [0.4, 0.5) is 26.1 Å². The van der Waals surface area contributed by atoms with Crippen molar-refractivity contribution in [2.75, 3.05) is 57.1 Å². The molecule has 2 aliphatic heterocycles. The first-order chi connectivity index (χ1) is 21.5. The van der Waals surface area contributed by atoms with Gasteiger partial charge in [-0.05, 0) is 51.2 Å². The van der Waals surface area contributed by atoms with E-state index in [1.165, 1.54) is 25.4 Å². The average Bonchev–Trinajstić information content (AvgIpc) is 3.02. The molecule has 5 rings (SSSR count). The van der Waals surface area contributed by atoms with Gasteiger partial charge < -0.3 is 34.6 Å². The van der Waals surface area contributed by atoms with Gasteiger partial charge in [0.15, 0.2) is 6.10 Å². The number of halogens is 2. The molecular weight excluding hydrogens is 586 g/mol. The van der Waals surface area contributed by atoms with Crippen LogP contribution in [0, 0.1) is 11.3 Å². The number of likely N-dealkylation sites (N-methyl/N-ethyl adjacent to an activating group) is 1.